The molecule has 0 aliphatic rings. The molecule has 17 heavy (non-hydrogen) atoms. The Hall–Kier alpha value is -2.26. The first-order valence-corrected chi connectivity index (χ1v) is 5.67. The van der Waals surface area contributed by atoms with Gasteiger partial charge in [0.2, 0.25) is 0 Å². The number of amides is 1. The van der Waals surface area contributed by atoms with Crippen LogP contribution in [0.3, 0.4) is 0 Å². The molecule has 0 saturated heterocycles. The third-order valence-electron chi connectivity index (χ3n) is 2.09. The second-order valence-electron chi connectivity index (χ2n) is 3.23. The molecule has 2 aromatic rings. The number of carbonyl (C=O) groups excluding carboxylic acids is 1. The van der Waals surface area contributed by atoms with Crippen molar-refractivity contribution in [1.29, 1.82) is 5.26 Å². The summed E-state index contributed by atoms with van der Waals surface area (Å²) in [6.45, 7) is 1.69. The van der Waals surface area contributed by atoms with Crippen LogP contribution in [0.4, 0.5) is 5.13 Å². The molecule has 2 aromatic heterocycles. The van der Waals surface area contributed by atoms with Crippen LogP contribution in [-0.4, -0.2) is 15.9 Å². The first-order chi connectivity index (χ1) is 8.20. The molecule has 1 amide bonds. The van der Waals surface area contributed by atoms with Gasteiger partial charge < -0.3 is 0 Å². The standard InChI is InChI=1S/C11H8N4OS/c1-7-8(6-12)2-3-9(14-7)10(16)15-11-13-4-5-17-11/h2-5H,1H3,(H,13,15,16). The third-order valence-corrected chi connectivity index (χ3v) is 2.78. The van der Waals surface area contributed by atoms with Crippen LogP contribution in [-0.2, 0) is 0 Å². The van der Waals surface area contributed by atoms with Crippen molar-refractivity contribution in [3.63, 3.8) is 0 Å². The van der Waals surface area contributed by atoms with Crippen LogP contribution in [0.25, 0.3) is 0 Å². The predicted octanol–water partition coefficient (Wildman–Crippen LogP) is 1.97. The number of hydrogen-bond acceptors (Lipinski definition) is 5. The van der Waals surface area contributed by atoms with Crippen LogP contribution in [0.1, 0.15) is 21.7 Å². The predicted molar refractivity (Wildman–Crippen MR) is 63.8 cm³/mol. The van der Waals surface area contributed by atoms with E-state index in [9.17, 15) is 4.79 Å². The highest BCUT2D eigenvalue weighted by Crippen LogP contribution is 2.12. The summed E-state index contributed by atoms with van der Waals surface area (Å²) < 4.78 is 0. The van der Waals surface area contributed by atoms with Gasteiger partial charge in [0.25, 0.3) is 5.91 Å². The zero-order chi connectivity index (χ0) is 12.3. The Morgan fingerprint density at radius 2 is 2.35 bits per heavy atom. The van der Waals surface area contributed by atoms with Gasteiger partial charge in [-0.05, 0) is 19.1 Å². The molecular formula is C11H8N4OS. The van der Waals surface area contributed by atoms with E-state index in [0.717, 1.165) is 0 Å². The maximum absolute atomic E-state index is 11.8. The third kappa shape index (κ3) is 2.46. The number of thiazole rings is 1. The van der Waals surface area contributed by atoms with Gasteiger partial charge in [-0.15, -0.1) is 11.3 Å². The molecule has 0 aliphatic heterocycles. The second-order valence-corrected chi connectivity index (χ2v) is 4.13. The van der Waals surface area contributed by atoms with Gasteiger partial charge in [0.15, 0.2) is 5.13 Å². The molecule has 0 radical (unpaired) electrons. The van der Waals surface area contributed by atoms with Crippen molar-refractivity contribution in [2.75, 3.05) is 5.32 Å². The Morgan fingerprint density at radius 3 is 2.94 bits per heavy atom. The van der Waals surface area contributed by atoms with E-state index in [2.05, 4.69) is 15.3 Å². The first kappa shape index (κ1) is 11.2. The number of aryl methyl sites for hydroxylation is 1. The van der Waals surface area contributed by atoms with Crippen LogP contribution in [0, 0.1) is 18.3 Å². The smallest absolute Gasteiger partial charge is 0.276 e. The summed E-state index contributed by atoms with van der Waals surface area (Å²) >= 11 is 1.33. The van der Waals surface area contributed by atoms with Gasteiger partial charge in [0.05, 0.1) is 11.3 Å². The molecule has 0 spiro atoms. The van der Waals surface area contributed by atoms with Crippen LogP contribution >= 0.6 is 11.3 Å². The van der Waals surface area contributed by atoms with Crippen molar-refractivity contribution in [2.45, 2.75) is 6.92 Å². The molecule has 2 heterocycles. The normalized spacial score (nSPS) is 9.65. The highest BCUT2D eigenvalue weighted by molar-refractivity contribution is 7.13. The molecule has 0 aliphatic carbocycles. The number of nitrogens with zero attached hydrogens (tertiary/aromatic N) is 3. The van der Waals surface area contributed by atoms with Gasteiger partial charge in [-0.2, -0.15) is 5.26 Å². The number of hydrogen-bond donors (Lipinski definition) is 1. The quantitative estimate of drug-likeness (QED) is 0.875. The summed E-state index contributed by atoms with van der Waals surface area (Å²) in [5, 5.41) is 13.7. The fourth-order valence-electron chi connectivity index (χ4n) is 1.25. The minimum Gasteiger partial charge on any atom is -0.296 e. The van der Waals surface area contributed by atoms with E-state index in [-0.39, 0.29) is 11.6 Å². The molecule has 0 aromatic carbocycles. The molecule has 1 N–H and O–H groups in total. The summed E-state index contributed by atoms with van der Waals surface area (Å²) in [7, 11) is 0. The molecule has 2 rings (SSSR count). The maximum Gasteiger partial charge on any atom is 0.276 e. The topological polar surface area (TPSA) is 78.7 Å². The minimum absolute atomic E-state index is 0.275. The molecule has 0 saturated carbocycles. The number of carbonyl (C=O) groups is 1. The number of anilines is 1. The van der Waals surface area contributed by atoms with Crippen LogP contribution in [0.15, 0.2) is 23.7 Å². The lowest BCUT2D eigenvalue weighted by Gasteiger charge is -2.02. The Balaban J connectivity index is 2.21. The summed E-state index contributed by atoms with van der Waals surface area (Å²) in [5.74, 6) is -0.326. The first-order valence-electron chi connectivity index (χ1n) is 4.79. The Bertz CT molecular complexity index is 586. The molecule has 0 atom stereocenters. The van der Waals surface area contributed by atoms with Crippen molar-refractivity contribution in [2.24, 2.45) is 0 Å². The van der Waals surface area contributed by atoms with E-state index < -0.39 is 0 Å². The lowest BCUT2D eigenvalue weighted by Crippen LogP contribution is -2.14. The summed E-state index contributed by atoms with van der Waals surface area (Å²) in [5.41, 5.74) is 1.28. The molecular weight excluding hydrogens is 236 g/mol. The van der Waals surface area contributed by atoms with Crippen molar-refractivity contribution in [3.05, 3.63) is 40.7 Å². The summed E-state index contributed by atoms with van der Waals surface area (Å²) in [6, 6.07) is 5.11. The SMILES string of the molecule is Cc1nc(C(=O)Nc2nccs2)ccc1C#N. The average molecular weight is 244 g/mol. The van der Waals surface area contributed by atoms with E-state index in [1.54, 1.807) is 24.6 Å². The fraction of sp³-hybridized carbons (Fsp3) is 0.0909. The number of nitrogens with one attached hydrogen (secondary N) is 1. The fourth-order valence-corrected chi connectivity index (χ4v) is 1.78. The number of nitriles is 1. The zero-order valence-electron chi connectivity index (χ0n) is 8.97. The lowest BCUT2D eigenvalue weighted by molar-refractivity contribution is 0.102. The maximum atomic E-state index is 11.8. The van der Waals surface area contributed by atoms with E-state index in [1.807, 2.05) is 6.07 Å². The van der Waals surface area contributed by atoms with Crippen LogP contribution in [0.5, 0.6) is 0 Å². The summed E-state index contributed by atoms with van der Waals surface area (Å²) in [6.07, 6.45) is 1.61. The van der Waals surface area contributed by atoms with E-state index in [0.29, 0.717) is 16.4 Å². The zero-order valence-corrected chi connectivity index (χ0v) is 9.78. The van der Waals surface area contributed by atoms with Crippen molar-refractivity contribution >= 4 is 22.4 Å². The minimum atomic E-state index is -0.326. The van der Waals surface area contributed by atoms with Crippen molar-refractivity contribution in [1.82, 2.24) is 9.97 Å². The van der Waals surface area contributed by atoms with Crippen molar-refractivity contribution < 1.29 is 4.79 Å². The largest absolute Gasteiger partial charge is 0.296 e. The average Bonchev–Trinajstić information content (AvgIpc) is 2.81. The second kappa shape index (κ2) is 4.72. The van der Waals surface area contributed by atoms with Gasteiger partial charge in [-0.25, -0.2) is 9.97 Å². The lowest BCUT2D eigenvalue weighted by atomic mass is 10.2. The highest BCUT2D eigenvalue weighted by atomic mass is 32.1. The Morgan fingerprint density at radius 1 is 1.53 bits per heavy atom. The molecule has 84 valence electrons. The van der Waals surface area contributed by atoms with E-state index >= 15 is 0 Å². The Labute approximate surface area is 102 Å². The van der Waals surface area contributed by atoms with E-state index in [1.165, 1.54) is 17.4 Å². The molecule has 6 heteroatoms. The van der Waals surface area contributed by atoms with Gasteiger partial charge in [-0.3, -0.25) is 10.1 Å². The molecule has 0 fully saturated rings. The highest BCUT2D eigenvalue weighted by Gasteiger charge is 2.10. The van der Waals surface area contributed by atoms with Gasteiger partial charge in [0.1, 0.15) is 11.8 Å². The van der Waals surface area contributed by atoms with Crippen LogP contribution < -0.4 is 5.32 Å². The molecule has 0 unspecified atom stereocenters. The number of rotatable bonds is 2. The van der Waals surface area contributed by atoms with Gasteiger partial charge in [0, 0.05) is 11.6 Å². The molecule has 0 bridgehead atoms. The molecule has 5 nitrogen and oxygen atoms in total. The summed E-state index contributed by atoms with van der Waals surface area (Å²) in [4.78, 5) is 19.8. The van der Waals surface area contributed by atoms with E-state index in [4.69, 9.17) is 5.26 Å². The Kier molecular flexibility index (Phi) is 3.12. The van der Waals surface area contributed by atoms with Crippen LogP contribution in [0.2, 0.25) is 0 Å². The number of pyridine rings is 1. The number of aromatic nitrogens is 2. The van der Waals surface area contributed by atoms with Gasteiger partial charge >= 0.3 is 0 Å². The monoisotopic (exact) mass is 244 g/mol. The van der Waals surface area contributed by atoms with Gasteiger partial charge in [-0.1, -0.05) is 0 Å². The van der Waals surface area contributed by atoms with Crippen molar-refractivity contribution in [3.8, 4) is 6.07 Å².